The van der Waals surface area contributed by atoms with Crippen LogP contribution in [0.1, 0.15) is 47.8 Å². The van der Waals surface area contributed by atoms with Gasteiger partial charge in [0, 0.05) is 31.7 Å². The Kier molecular flexibility index (Phi) is 5.88. The minimum Gasteiger partial charge on any atom is -0.336 e. The van der Waals surface area contributed by atoms with Crippen molar-refractivity contribution in [3.8, 4) is 0 Å². The molecule has 1 heterocycles. The summed E-state index contributed by atoms with van der Waals surface area (Å²) in [6.45, 7) is 11.7. The normalized spacial score (nSPS) is 16.1. The zero-order valence-electron chi connectivity index (χ0n) is 17.9. The zero-order chi connectivity index (χ0) is 21.4. The van der Waals surface area contributed by atoms with Gasteiger partial charge in [0.25, 0.3) is 5.91 Å². The number of aryl methyl sites for hydroxylation is 2. The molecule has 1 fully saturated rings. The van der Waals surface area contributed by atoms with Crippen LogP contribution < -0.4 is 0 Å². The molecule has 6 heteroatoms. The highest BCUT2D eigenvalue weighted by atomic mass is 32.2. The predicted octanol–water partition coefficient (Wildman–Crippen LogP) is 3.75. The average molecular weight is 415 g/mol. The van der Waals surface area contributed by atoms with Crippen molar-refractivity contribution >= 4 is 15.9 Å². The van der Waals surface area contributed by atoms with Crippen molar-refractivity contribution in [1.82, 2.24) is 9.21 Å². The number of benzene rings is 2. The highest BCUT2D eigenvalue weighted by molar-refractivity contribution is 7.89. The van der Waals surface area contributed by atoms with Gasteiger partial charge in [-0.2, -0.15) is 4.31 Å². The van der Waals surface area contributed by atoms with Crippen LogP contribution in [0.5, 0.6) is 0 Å². The molecule has 2 aromatic carbocycles. The van der Waals surface area contributed by atoms with Gasteiger partial charge in [-0.05, 0) is 60.2 Å². The molecule has 5 nitrogen and oxygen atoms in total. The van der Waals surface area contributed by atoms with Crippen LogP contribution in [-0.2, 0) is 15.4 Å². The summed E-state index contributed by atoms with van der Waals surface area (Å²) in [7, 11) is -3.54. The molecule has 0 radical (unpaired) electrons. The molecule has 0 atom stereocenters. The van der Waals surface area contributed by atoms with Crippen molar-refractivity contribution < 1.29 is 13.2 Å². The highest BCUT2D eigenvalue weighted by Gasteiger charge is 2.30. The Balaban J connectivity index is 1.68. The van der Waals surface area contributed by atoms with E-state index in [1.165, 1.54) is 9.87 Å². The second-order valence-corrected chi connectivity index (χ2v) is 10.7. The number of amides is 1. The average Bonchev–Trinajstić information content (AvgIpc) is 2.69. The SMILES string of the molecule is Cc1ccc(S(=O)(=O)N2CCN(C(=O)c3ccc(C(C)(C)C)cc3)CC2)cc1C. The molecule has 0 spiro atoms. The van der Waals surface area contributed by atoms with Gasteiger partial charge in [0.15, 0.2) is 0 Å². The van der Waals surface area contributed by atoms with Crippen molar-refractivity contribution in [3.05, 3.63) is 64.7 Å². The van der Waals surface area contributed by atoms with Crippen LogP contribution in [0.25, 0.3) is 0 Å². The van der Waals surface area contributed by atoms with Gasteiger partial charge in [0.1, 0.15) is 0 Å². The maximum atomic E-state index is 13.0. The molecular weight excluding hydrogens is 384 g/mol. The third kappa shape index (κ3) is 4.54. The standard InChI is InChI=1S/C23H30N2O3S/c1-17-6-11-21(16-18(17)2)29(27,28)25-14-12-24(13-15-25)22(26)19-7-9-20(10-8-19)23(3,4)5/h6-11,16H,12-15H2,1-5H3. The number of nitrogens with zero attached hydrogens (tertiary/aromatic N) is 2. The Hall–Kier alpha value is -2.18. The van der Waals surface area contributed by atoms with Gasteiger partial charge in [-0.3, -0.25) is 4.79 Å². The first kappa shape index (κ1) is 21.5. The van der Waals surface area contributed by atoms with Crippen LogP contribution in [0, 0.1) is 13.8 Å². The first-order chi connectivity index (χ1) is 13.5. The zero-order valence-corrected chi connectivity index (χ0v) is 18.7. The summed E-state index contributed by atoms with van der Waals surface area (Å²) < 4.78 is 27.4. The second-order valence-electron chi connectivity index (χ2n) is 8.77. The van der Waals surface area contributed by atoms with Crippen molar-refractivity contribution in [2.45, 2.75) is 44.9 Å². The lowest BCUT2D eigenvalue weighted by Crippen LogP contribution is -2.50. The van der Waals surface area contributed by atoms with E-state index in [2.05, 4.69) is 20.8 Å². The van der Waals surface area contributed by atoms with Crippen LogP contribution in [0.3, 0.4) is 0 Å². The fraction of sp³-hybridized carbons (Fsp3) is 0.435. The number of sulfonamides is 1. The summed E-state index contributed by atoms with van der Waals surface area (Å²) in [4.78, 5) is 14.9. The molecule has 1 saturated heterocycles. The molecule has 0 N–H and O–H groups in total. The Bertz CT molecular complexity index is 997. The Morgan fingerprint density at radius 2 is 1.45 bits per heavy atom. The van der Waals surface area contributed by atoms with Gasteiger partial charge in [0.05, 0.1) is 4.90 Å². The minimum absolute atomic E-state index is 0.0376. The van der Waals surface area contributed by atoms with Crippen molar-refractivity contribution in [2.24, 2.45) is 0 Å². The minimum atomic E-state index is -3.54. The molecule has 0 bridgehead atoms. The van der Waals surface area contributed by atoms with Gasteiger partial charge in [0.2, 0.25) is 10.0 Å². The van der Waals surface area contributed by atoms with Crippen LogP contribution in [0.2, 0.25) is 0 Å². The molecule has 2 aromatic rings. The second kappa shape index (κ2) is 7.92. The lowest BCUT2D eigenvalue weighted by Gasteiger charge is -2.34. The quantitative estimate of drug-likeness (QED) is 0.769. The number of carbonyl (C=O) groups excluding carboxylic acids is 1. The number of rotatable bonds is 3. The van der Waals surface area contributed by atoms with E-state index in [1.807, 2.05) is 44.2 Å². The van der Waals surface area contributed by atoms with Crippen molar-refractivity contribution in [1.29, 1.82) is 0 Å². The van der Waals surface area contributed by atoms with Crippen molar-refractivity contribution in [2.75, 3.05) is 26.2 Å². The summed E-state index contributed by atoms with van der Waals surface area (Å²) in [5.41, 5.74) is 3.88. The summed E-state index contributed by atoms with van der Waals surface area (Å²) in [5.74, 6) is -0.0475. The van der Waals surface area contributed by atoms with E-state index in [0.29, 0.717) is 36.6 Å². The summed E-state index contributed by atoms with van der Waals surface area (Å²) in [6.07, 6.45) is 0. The molecule has 1 aliphatic heterocycles. The molecule has 0 aromatic heterocycles. The maximum absolute atomic E-state index is 13.0. The van der Waals surface area contributed by atoms with Crippen LogP contribution >= 0.6 is 0 Å². The first-order valence-corrected chi connectivity index (χ1v) is 11.4. The molecule has 1 amide bonds. The van der Waals surface area contributed by atoms with Crippen LogP contribution in [0.15, 0.2) is 47.4 Å². The Morgan fingerprint density at radius 3 is 1.97 bits per heavy atom. The smallest absolute Gasteiger partial charge is 0.253 e. The number of carbonyl (C=O) groups is 1. The molecule has 1 aliphatic rings. The number of piperazine rings is 1. The molecule has 0 saturated carbocycles. The topological polar surface area (TPSA) is 57.7 Å². The summed E-state index contributed by atoms with van der Waals surface area (Å²) in [5, 5.41) is 0. The molecule has 29 heavy (non-hydrogen) atoms. The van der Waals surface area contributed by atoms with Crippen LogP contribution in [0.4, 0.5) is 0 Å². The largest absolute Gasteiger partial charge is 0.336 e. The van der Waals surface area contributed by atoms with Gasteiger partial charge in [-0.15, -0.1) is 0 Å². The first-order valence-electron chi connectivity index (χ1n) is 9.97. The third-order valence-corrected chi connectivity index (χ3v) is 7.53. The molecule has 156 valence electrons. The Morgan fingerprint density at radius 1 is 0.862 bits per heavy atom. The van der Waals surface area contributed by atoms with Gasteiger partial charge < -0.3 is 4.90 Å². The molecule has 0 unspecified atom stereocenters. The van der Waals surface area contributed by atoms with E-state index in [0.717, 1.165) is 11.1 Å². The van der Waals surface area contributed by atoms with Gasteiger partial charge >= 0.3 is 0 Å². The Labute approximate surface area is 174 Å². The third-order valence-electron chi connectivity index (χ3n) is 5.64. The van der Waals surface area contributed by atoms with E-state index in [-0.39, 0.29) is 11.3 Å². The van der Waals surface area contributed by atoms with E-state index in [9.17, 15) is 13.2 Å². The number of hydrogen-bond acceptors (Lipinski definition) is 3. The maximum Gasteiger partial charge on any atom is 0.253 e. The van der Waals surface area contributed by atoms with Crippen molar-refractivity contribution in [3.63, 3.8) is 0 Å². The lowest BCUT2D eigenvalue weighted by atomic mass is 9.86. The van der Waals surface area contributed by atoms with Gasteiger partial charge in [-0.25, -0.2) is 8.42 Å². The number of hydrogen-bond donors (Lipinski definition) is 0. The van der Waals surface area contributed by atoms with E-state index in [4.69, 9.17) is 0 Å². The van der Waals surface area contributed by atoms with E-state index < -0.39 is 10.0 Å². The summed E-state index contributed by atoms with van der Waals surface area (Å²) in [6, 6.07) is 12.9. The fourth-order valence-electron chi connectivity index (χ4n) is 3.45. The van der Waals surface area contributed by atoms with E-state index in [1.54, 1.807) is 17.0 Å². The summed E-state index contributed by atoms with van der Waals surface area (Å²) >= 11 is 0. The monoisotopic (exact) mass is 414 g/mol. The lowest BCUT2D eigenvalue weighted by molar-refractivity contribution is 0.0698. The molecule has 0 aliphatic carbocycles. The van der Waals surface area contributed by atoms with Crippen LogP contribution in [-0.4, -0.2) is 49.7 Å². The predicted molar refractivity (Wildman–Crippen MR) is 116 cm³/mol. The van der Waals surface area contributed by atoms with Gasteiger partial charge in [-0.1, -0.05) is 39.0 Å². The molecule has 3 rings (SSSR count). The van der Waals surface area contributed by atoms with E-state index >= 15 is 0 Å². The fourth-order valence-corrected chi connectivity index (χ4v) is 4.96. The molecular formula is C23H30N2O3S. The highest BCUT2D eigenvalue weighted by Crippen LogP contribution is 2.24.